The second kappa shape index (κ2) is 15.9. The zero-order chi connectivity index (χ0) is 49.5. The number of aromatic nitrogens is 2. The Morgan fingerprint density at radius 1 is 0.427 bits per heavy atom. The van der Waals surface area contributed by atoms with E-state index in [9.17, 15) is 11.8 Å². The maximum atomic E-state index is 12.3. The van der Waals surface area contributed by atoms with E-state index in [1.165, 1.54) is 20.2 Å². The molecule has 16 aromatic rings. The molecule has 7 heteroatoms. The molecule has 0 saturated carbocycles. The van der Waals surface area contributed by atoms with Gasteiger partial charge in [-0.05, 0) is 41.0 Å². The van der Waals surface area contributed by atoms with E-state index in [4.69, 9.17) is 9.26 Å². The third-order valence-electron chi connectivity index (χ3n) is 15.4. The molecule has 0 radical (unpaired) electrons. The molecule has 11 aromatic carbocycles. The molecule has 0 aliphatic rings. The number of hydrogen-bond donors (Lipinski definition) is 0. The fourth-order valence-electron chi connectivity index (χ4n) is 12.2. The minimum absolute atomic E-state index is 0.394. The van der Waals surface area contributed by atoms with Crippen LogP contribution in [0, 0.1) is 17.9 Å². The van der Waals surface area contributed by atoms with Gasteiger partial charge < -0.3 is 13.6 Å². The van der Waals surface area contributed by atoms with Crippen molar-refractivity contribution in [3.63, 3.8) is 0 Å². The Labute approximate surface area is 436 Å². The van der Waals surface area contributed by atoms with E-state index in [2.05, 4.69) is 191 Å². The molecule has 75 heavy (non-hydrogen) atoms. The highest BCUT2D eigenvalue weighted by Gasteiger charge is 2.33. The maximum absolute atomic E-state index is 12.3. The summed E-state index contributed by atoms with van der Waals surface area (Å²) in [5, 5.41) is 23.3. The van der Waals surface area contributed by atoms with E-state index in [1.54, 1.807) is 22.7 Å². The van der Waals surface area contributed by atoms with Crippen molar-refractivity contribution in [2.24, 2.45) is 0 Å². The molecule has 0 aliphatic carbocycles. The van der Waals surface area contributed by atoms with Crippen LogP contribution in [0.2, 0.25) is 0 Å². The predicted octanol–water partition coefficient (Wildman–Crippen LogP) is 19.9. The van der Waals surface area contributed by atoms with Crippen molar-refractivity contribution in [1.82, 2.24) is 9.13 Å². The van der Waals surface area contributed by atoms with Gasteiger partial charge in [0.25, 0.3) is 0 Å². The van der Waals surface area contributed by atoms with Gasteiger partial charge in [-0.25, -0.2) is 4.85 Å². The molecule has 5 aromatic heterocycles. The first kappa shape index (κ1) is 41.8. The maximum Gasteiger partial charge on any atom is 0.221 e. The Bertz CT molecular complexity index is 4990. The molecular weight excluding hydrogens is 953 g/mol. The SMILES string of the molecule is [C-]#[N+]c1c(-c2ccccc2)c(-n2c3ccccc3c3cc4c(cc32)oc2c(-c3ccccc3)cccc24)c(-c2ccccc2)c(C#N)c1-n1c2c(ccc3c4ccccc4sc32)c2ccc3c4ccccc4sc3c21. The lowest BCUT2D eigenvalue weighted by molar-refractivity contribution is 0.670. The number of benzene rings is 11. The quantitative estimate of drug-likeness (QED) is 0.161. The summed E-state index contributed by atoms with van der Waals surface area (Å²) in [6.45, 7) is 9.63. The molecule has 0 aliphatic heterocycles. The zero-order valence-corrected chi connectivity index (χ0v) is 41.4. The van der Waals surface area contributed by atoms with Crippen molar-refractivity contribution < 1.29 is 4.42 Å². The van der Waals surface area contributed by atoms with Crippen LogP contribution in [0.4, 0.5) is 5.69 Å². The Hall–Kier alpha value is -9.76. The molecule has 0 fully saturated rings. The lowest BCUT2D eigenvalue weighted by atomic mass is 9.88. The van der Waals surface area contributed by atoms with Gasteiger partial charge in [-0.3, -0.25) is 0 Å². The highest BCUT2D eigenvalue weighted by atomic mass is 32.1. The van der Waals surface area contributed by atoms with Gasteiger partial charge in [0, 0.05) is 86.0 Å². The summed E-state index contributed by atoms with van der Waals surface area (Å²) in [6, 6.07) is 79.4. The van der Waals surface area contributed by atoms with E-state index < -0.39 is 0 Å². The first-order valence-electron chi connectivity index (χ1n) is 24.9. The van der Waals surface area contributed by atoms with Crippen LogP contribution in [0.3, 0.4) is 0 Å². The van der Waals surface area contributed by atoms with E-state index in [1.807, 2.05) is 42.5 Å². The van der Waals surface area contributed by atoms with Gasteiger partial charge in [0.2, 0.25) is 5.69 Å². The van der Waals surface area contributed by atoms with E-state index in [0.717, 1.165) is 125 Å². The van der Waals surface area contributed by atoms with Crippen molar-refractivity contribution >= 4 is 134 Å². The molecule has 0 unspecified atom stereocenters. The predicted molar refractivity (Wildman–Crippen MR) is 315 cm³/mol. The number of rotatable bonds is 5. The minimum atomic E-state index is 0.394. The Morgan fingerprint density at radius 3 is 1.57 bits per heavy atom. The summed E-state index contributed by atoms with van der Waals surface area (Å²) in [7, 11) is 0. The third-order valence-corrected chi connectivity index (χ3v) is 17.8. The Kier molecular flexibility index (Phi) is 8.85. The fourth-order valence-corrected chi connectivity index (χ4v) is 14.7. The van der Waals surface area contributed by atoms with E-state index >= 15 is 0 Å². The van der Waals surface area contributed by atoms with Gasteiger partial charge in [-0.2, -0.15) is 5.26 Å². The van der Waals surface area contributed by atoms with Crippen LogP contribution in [0.25, 0.3) is 155 Å². The first-order valence-corrected chi connectivity index (χ1v) is 26.6. The smallest absolute Gasteiger partial charge is 0.221 e. The highest BCUT2D eigenvalue weighted by Crippen LogP contribution is 2.55. The van der Waals surface area contributed by atoms with Gasteiger partial charge in [0.1, 0.15) is 17.2 Å². The normalized spacial score (nSPS) is 12.0. The number of nitrogens with zero attached hydrogens (tertiary/aromatic N) is 4. The topological polar surface area (TPSA) is 51.1 Å². The van der Waals surface area contributed by atoms with Gasteiger partial charge in [-0.15, -0.1) is 22.7 Å². The van der Waals surface area contributed by atoms with Gasteiger partial charge in [0.15, 0.2) is 0 Å². The molecule has 0 saturated heterocycles. The summed E-state index contributed by atoms with van der Waals surface area (Å²) in [4.78, 5) is 4.71. The van der Waals surface area contributed by atoms with Crippen LogP contribution in [-0.4, -0.2) is 9.13 Å². The second-order valence-corrected chi connectivity index (χ2v) is 21.3. The number of furan rings is 1. The van der Waals surface area contributed by atoms with Gasteiger partial charge in [-0.1, -0.05) is 188 Å². The third kappa shape index (κ3) is 5.79. The molecule has 0 spiro atoms. The molecule has 0 amide bonds. The lowest BCUT2D eigenvalue weighted by Gasteiger charge is -2.25. The molecule has 346 valence electrons. The van der Waals surface area contributed by atoms with Crippen molar-refractivity contribution in [2.75, 3.05) is 0 Å². The number of nitriles is 1. The monoisotopic (exact) mass is 988 g/mol. The van der Waals surface area contributed by atoms with Crippen LogP contribution in [0.5, 0.6) is 0 Å². The summed E-state index contributed by atoms with van der Waals surface area (Å²) in [6.07, 6.45) is 0. The van der Waals surface area contributed by atoms with E-state index in [-0.39, 0.29) is 0 Å². The van der Waals surface area contributed by atoms with E-state index in [0.29, 0.717) is 16.9 Å². The molecular formula is C68H36N4OS2. The molecule has 0 N–H and O–H groups in total. The highest BCUT2D eigenvalue weighted by molar-refractivity contribution is 7.27. The van der Waals surface area contributed by atoms with Crippen molar-refractivity contribution in [3.8, 4) is 50.8 Å². The number of hydrogen-bond acceptors (Lipinski definition) is 4. The minimum Gasteiger partial charge on any atom is -0.455 e. The average molecular weight is 989 g/mol. The summed E-state index contributed by atoms with van der Waals surface area (Å²) in [5.41, 5.74) is 12.9. The summed E-state index contributed by atoms with van der Waals surface area (Å²) < 4.78 is 16.2. The molecule has 5 nitrogen and oxygen atoms in total. The molecule has 0 atom stereocenters. The van der Waals surface area contributed by atoms with Crippen molar-refractivity contribution in [2.45, 2.75) is 0 Å². The largest absolute Gasteiger partial charge is 0.455 e. The van der Waals surface area contributed by atoms with Crippen LogP contribution >= 0.6 is 22.7 Å². The number of para-hydroxylation sites is 2. The number of thiophene rings is 2. The second-order valence-electron chi connectivity index (χ2n) is 19.2. The van der Waals surface area contributed by atoms with Crippen LogP contribution in [0.15, 0.2) is 223 Å². The Balaban J connectivity index is 1.13. The lowest BCUT2D eigenvalue weighted by Crippen LogP contribution is -2.08. The van der Waals surface area contributed by atoms with Gasteiger partial charge >= 0.3 is 0 Å². The Morgan fingerprint density at radius 2 is 0.960 bits per heavy atom. The van der Waals surface area contributed by atoms with Crippen molar-refractivity contribution in [3.05, 3.63) is 235 Å². The summed E-state index contributed by atoms with van der Waals surface area (Å²) in [5.74, 6) is 0. The molecule has 16 rings (SSSR count). The molecule has 5 heterocycles. The standard InChI is InChI=1S/C68H36N4OS2/c1-70-61-60(41-22-9-4-10-23-41)65(71-54-29-14-11-24-43(54)51-36-52-48-28-17-27-42(39-18-5-2-6-19-39)66(48)73-56(52)37-55(51)71)59(40-20-7-3-8-21-40)53(38-69)62(61)72-63-46(32-34-49-44-25-12-15-30-57(44)74-67(49)63)47-33-35-50-45-26-13-16-31-58(45)75-68(50)64(47)72/h2-37H. The van der Waals surface area contributed by atoms with Crippen molar-refractivity contribution in [1.29, 1.82) is 5.26 Å². The van der Waals surface area contributed by atoms with Crippen LogP contribution in [-0.2, 0) is 0 Å². The number of fused-ring (bicyclic) bond motifs is 17. The molecule has 0 bridgehead atoms. The summed E-state index contributed by atoms with van der Waals surface area (Å²) >= 11 is 3.54. The van der Waals surface area contributed by atoms with Crippen LogP contribution in [0.1, 0.15) is 5.56 Å². The first-order chi connectivity index (χ1) is 37.2. The van der Waals surface area contributed by atoms with Crippen LogP contribution < -0.4 is 0 Å². The van der Waals surface area contributed by atoms with Gasteiger partial charge in [0.05, 0.1) is 55.0 Å². The average Bonchev–Trinajstić information content (AvgIpc) is 4.41. The zero-order valence-electron chi connectivity index (χ0n) is 39.8. The fraction of sp³-hybridized carbons (Fsp3) is 0.